The van der Waals surface area contributed by atoms with E-state index in [0.29, 0.717) is 37.2 Å². The first-order valence-corrected chi connectivity index (χ1v) is 8.90. The highest BCUT2D eigenvalue weighted by atomic mass is 16.6. The molecule has 2 aliphatic rings. The van der Waals surface area contributed by atoms with E-state index < -0.39 is 11.2 Å². The number of morpholine rings is 1. The van der Waals surface area contributed by atoms with Gasteiger partial charge in [-0.1, -0.05) is 6.07 Å². The number of hydrogen-bond donors (Lipinski definition) is 1. The molecule has 2 unspecified atom stereocenters. The fraction of sp³-hybridized carbons (Fsp3) is 0.579. The molecule has 1 aromatic carbocycles. The lowest BCUT2D eigenvalue weighted by molar-refractivity contribution is -0.141. The molecule has 2 saturated heterocycles. The molecular weight excluding hydrogens is 336 g/mol. The van der Waals surface area contributed by atoms with Gasteiger partial charge in [-0.25, -0.2) is 9.78 Å². The zero-order valence-corrected chi connectivity index (χ0v) is 15.3. The van der Waals surface area contributed by atoms with Crippen LogP contribution in [0.3, 0.4) is 0 Å². The van der Waals surface area contributed by atoms with Crippen molar-refractivity contribution in [1.82, 2.24) is 9.88 Å². The maximum absolute atomic E-state index is 12.7. The molecule has 2 fully saturated rings. The van der Waals surface area contributed by atoms with E-state index in [9.17, 15) is 9.90 Å². The number of nitrogens with zero attached hydrogens (tertiary/aromatic N) is 2. The number of hydrogen-bond acceptors (Lipinski definition) is 6. The first-order valence-electron chi connectivity index (χ1n) is 8.90. The Morgan fingerprint density at radius 3 is 2.65 bits per heavy atom. The molecule has 2 aliphatic heterocycles. The number of oxazole rings is 1. The Labute approximate surface area is 151 Å². The normalized spacial score (nSPS) is 29.0. The molecule has 2 bridgehead atoms. The number of rotatable bonds is 1. The number of amides is 1. The minimum atomic E-state index is -1.04. The lowest BCUT2D eigenvalue weighted by Crippen LogP contribution is -2.63. The zero-order valence-electron chi connectivity index (χ0n) is 15.3. The lowest BCUT2D eigenvalue weighted by atomic mass is 9.77. The fourth-order valence-electron chi connectivity index (χ4n) is 3.97. The lowest BCUT2D eigenvalue weighted by Gasteiger charge is -2.51. The summed E-state index contributed by atoms with van der Waals surface area (Å²) in [5.74, 6) is 0. The van der Waals surface area contributed by atoms with Gasteiger partial charge in [0.05, 0.1) is 30.9 Å². The van der Waals surface area contributed by atoms with Gasteiger partial charge in [-0.3, -0.25) is 4.90 Å². The third-order valence-corrected chi connectivity index (χ3v) is 5.03. The molecule has 7 nitrogen and oxygen atoms in total. The minimum Gasteiger partial charge on any atom is -0.444 e. The summed E-state index contributed by atoms with van der Waals surface area (Å²) < 4.78 is 16.5. The van der Waals surface area contributed by atoms with Crippen LogP contribution in [0.5, 0.6) is 0 Å². The third-order valence-electron chi connectivity index (χ3n) is 5.03. The van der Waals surface area contributed by atoms with E-state index in [2.05, 4.69) is 4.98 Å². The molecule has 1 amide bonds. The average molecular weight is 360 g/mol. The Hall–Kier alpha value is -2.12. The van der Waals surface area contributed by atoms with Crippen molar-refractivity contribution in [3.05, 3.63) is 30.2 Å². The predicted molar refractivity (Wildman–Crippen MR) is 93.6 cm³/mol. The van der Waals surface area contributed by atoms with Crippen molar-refractivity contribution in [1.29, 1.82) is 0 Å². The van der Waals surface area contributed by atoms with Gasteiger partial charge < -0.3 is 19.0 Å². The first kappa shape index (κ1) is 17.3. The van der Waals surface area contributed by atoms with E-state index >= 15 is 0 Å². The van der Waals surface area contributed by atoms with Gasteiger partial charge in [-0.05, 0) is 38.5 Å². The molecule has 140 valence electrons. The maximum Gasteiger partial charge on any atom is 0.410 e. The summed E-state index contributed by atoms with van der Waals surface area (Å²) in [6.45, 7) is 6.34. The molecule has 0 radical (unpaired) electrons. The molecule has 0 saturated carbocycles. The van der Waals surface area contributed by atoms with E-state index in [-0.39, 0.29) is 18.2 Å². The molecule has 26 heavy (non-hydrogen) atoms. The van der Waals surface area contributed by atoms with Crippen molar-refractivity contribution >= 4 is 17.2 Å². The van der Waals surface area contributed by atoms with Crippen molar-refractivity contribution in [2.75, 3.05) is 13.2 Å². The Kier molecular flexibility index (Phi) is 3.96. The van der Waals surface area contributed by atoms with Gasteiger partial charge in [0.1, 0.15) is 11.1 Å². The van der Waals surface area contributed by atoms with E-state index in [4.69, 9.17) is 13.9 Å². The zero-order chi connectivity index (χ0) is 18.5. The molecule has 4 rings (SSSR count). The summed E-state index contributed by atoms with van der Waals surface area (Å²) in [5.41, 5.74) is 0.599. The molecule has 0 spiro atoms. The second-order valence-electron chi connectivity index (χ2n) is 8.21. The number of benzene rings is 1. The first-order chi connectivity index (χ1) is 12.3. The second kappa shape index (κ2) is 5.96. The number of aliphatic hydroxyl groups is 1. The van der Waals surface area contributed by atoms with Crippen LogP contribution in [0.2, 0.25) is 0 Å². The van der Waals surface area contributed by atoms with Crippen molar-refractivity contribution < 1.29 is 23.8 Å². The highest BCUT2D eigenvalue weighted by molar-refractivity contribution is 5.73. The van der Waals surface area contributed by atoms with Crippen LogP contribution >= 0.6 is 0 Å². The van der Waals surface area contributed by atoms with Crippen LogP contribution in [0.25, 0.3) is 11.1 Å². The monoisotopic (exact) mass is 360 g/mol. The topological polar surface area (TPSA) is 85.0 Å². The van der Waals surface area contributed by atoms with Crippen LogP contribution in [0, 0.1) is 0 Å². The molecule has 3 heterocycles. The van der Waals surface area contributed by atoms with Crippen molar-refractivity contribution in [3.8, 4) is 0 Å². The largest absolute Gasteiger partial charge is 0.444 e. The smallest absolute Gasteiger partial charge is 0.410 e. The Bertz CT molecular complexity index is 811. The number of fused-ring (bicyclic) bond motifs is 3. The van der Waals surface area contributed by atoms with Crippen molar-refractivity contribution in [2.24, 2.45) is 0 Å². The third kappa shape index (κ3) is 3.05. The molecule has 1 aromatic heterocycles. The number of piperidine rings is 1. The van der Waals surface area contributed by atoms with Gasteiger partial charge in [0, 0.05) is 12.8 Å². The number of ether oxygens (including phenoxy) is 2. The number of aromatic nitrogens is 1. The van der Waals surface area contributed by atoms with Crippen LogP contribution in [0.4, 0.5) is 4.79 Å². The molecule has 7 heteroatoms. The van der Waals surface area contributed by atoms with Crippen LogP contribution in [-0.2, 0) is 15.1 Å². The van der Waals surface area contributed by atoms with Crippen LogP contribution < -0.4 is 0 Å². The van der Waals surface area contributed by atoms with E-state index in [1.807, 2.05) is 39.0 Å². The summed E-state index contributed by atoms with van der Waals surface area (Å²) in [6.07, 6.45) is 1.84. The predicted octanol–water partition coefficient (Wildman–Crippen LogP) is 2.81. The summed E-state index contributed by atoms with van der Waals surface area (Å²) in [4.78, 5) is 18.6. The SMILES string of the molecule is CC(C)(C)OC(=O)N1C2COCC1CC(O)(c1ccc3ocnc3c1)C2. The van der Waals surface area contributed by atoms with Crippen molar-refractivity contribution in [2.45, 2.75) is 56.9 Å². The Morgan fingerprint density at radius 2 is 2.00 bits per heavy atom. The van der Waals surface area contributed by atoms with E-state index in [1.165, 1.54) is 6.39 Å². The molecule has 2 atom stereocenters. The molecule has 1 N–H and O–H groups in total. The average Bonchev–Trinajstić information content (AvgIpc) is 2.99. The summed E-state index contributed by atoms with van der Waals surface area (Å²) in [6, 6.07) is 5.10. The fourth-order valence-corrected chi connectivity index (χ4v) is 3.97. The summed E-state index contributed by atoms with van der Waals surface area (Å²) >= 11 is 0. The van der Waals surface area contributed by atoms with Gasteiger partial charge in [0.2, 0.25) is 0 Å². The number of carbonyl (C=O) groups excluding carboxylic acids is 1. The van der Waals surface area contributed by atoms with Gasteiger partial charge in [-0.15, -0.1) is 0 Å². The molecule has 2 aromatic rings. The van der Waals surface area contributed by atoms with Gasteiger partial charge in [0.15, 0.2) is 12.0 Å². The number of carbonyl (C=O) groups is 1. The summed E-state index contributed by atoms with van der Waals surface area (Å²) in [7, 11) is 0. The Morgan fingerprint density at radius 1 is 1.31 bits per heavy atom. The van der Waals surface area contributed by atoms with E-state index in [0.717, 1.165) is 5.56 Å². The highest BCUT2D eigenvalue weighted by Gasteiger charge is 2.49. The van der Waals surface area contributed by atoms with Crippen LogP contribution in [0.15, 0.2) is 29.0 Å². The van der Waals surface area contributed by atoms with Crippen molar-refractivity contribution in [3.63, 3.8) is 0 Å². The van der Waals surface area contributed by atoms with Crippen LogP contribution in [-0.4, -0.2) is 52.0 Å². The van der Waals surface area contributed by atoms with Gasteiger partial charge >= 0.3 is 6.09 Å². The van der Waals surface area contributed by atoms with E-state index in [1.54, 1.807) is 4.90 Å². The van der Waals surface area contributed by atoms with Crippen LogP contribution in [0.1, 0.15) is 39.2 Å². The Balaban J connectivity index is 1.61. The maximum atomic E-state index is 12.7. The second-order valence-corrected chi connectivity index (χ2v) is 8.21. The van der Waals surface area contributed by atoms with Gasteiger partial charge in [0.25, 0.3) is 0 Å². The summed E-state index contributed by atoms with van der Waals surface area (Å²) in [5, 5.41) is 11.4. The quantitative estimate of drug-likeness (QED) is 0.842. The van der Waals surface area contributed by atoms with Gasteiger partial charge in [-0.2, -0.15) is 0 Å². The molecule has 0 aliphatic carbocycles. The minimum absolute atomic E-state index is 0.227. The standard InChI is InChI=1S/C19H24N2O5/c1-18(2,3)26-17(22)21-13-7-19(23,8-14(21)10-24-9-13)12-4-5-16-15(6-12)20-11-25-16/h4-6,11,13-14,23H,7-10H2,1-3H3. The molecular formula is C19H24N2O5. The highest BCUT2D eigenvalue weighted by Crippen LogP contribution is 2.42.